The third kappa shape index (κ3) is 33.3. The summed E-state index contributed by atoms with van der Waals surface area (Å²) in [6, 6.07) is -0.711. The summed E-state index contributed by atoms with van der Waals surface area (Å²) in [5.74, 6) is -0.145. The molecule has 1 heterocycles. The van der Waals surface area contributed by atoms with Gasteiger partial charge in [0, 0.05) is 6.42 Å². The van der Waals surface area contributed by atoms with E-state index in [2.05, 4.69) is 19.2 Å². The van der Waals surface area contributed by atoms with Crippen LogP contribution in [-0.2, 0) is 14.3 Å². The number of unbranched alkanes of at least 4 members (excludes halogenated alkanes) is 36. The number of carbonyl (C=O) groups is 1. The van der Waals surface area contributed by atoms with Crippen molar-refractivity contribution in [1.29, 1.82) is 0 Å². The first-order valence-corrected chi connectivity index (χ1v) is 26.7. The normalized spacial score (nSPS) is 20.3. The highest BCUT2D eigenvalue weighted by molar-refractivity contribution is 5.76. The van der Waals surface area contributed by atoms with Crippen molar-refractivity contribution < 1.29 is 39.8 Å². The second-order valence-electron chi connectivity index (χ2n) is 19.0. The van der Waals surface area contributed by atoms with Crippen LogP contribution in [0.4, 0.5) is 0 Å². The molecular formula is C52H103NO8. The number of hydrogen-bond donors (Lipinski definition) is 6. The number of rotatable bonds is 46. The fourth-order valence-electron chi connectivity index (χ4n) is 8.93. The number of aliphatic hydroxyl groups is 5. The van der Waals surface area contributed by atoms with Gasteiger partial charge < -0.3 is 40.3 Å². The van der Waals surface area contributed by atoms with Crippen LogP contribution in [0.3, 0.4) is 0 Å². The van der Waals surface area contributed by atoms with Crippen LogP contribution in [0, 0.1) is 0 Å². The highest BCUT2D eigenvalue weighted by Crippen LogP contribution is 2.23. The molecule has 9 nitrogen and oxygen atoms in total. The minimum absolute atomic E-state index is 0.132. The molecule has 0 aliphatic carbocycles. The van der Waals surface area contributed by atoms with E-state index in [1.165, 1.54) is 205 Å². The lowest BCUT2D eigenvalue weighted by Gasteiger charge is -2.40. The van der Waals surface area contributed by atoms with Crippen molar-refractivity contribution in [3.63, 3.8) is 0 Å². The molecule has 1 fully saturated rings. The van der Waals surface area contributed by atoms with Gasteiger partial charge in [0.1, 0.15) is 24.4 Å². The summed E-state index contributed by atoms with van der Waals surface area (Å²) in [6.07, 6.45) is 43.1. The fourth-order valence-corrected chi connectivity index (χ4v) is 8.93. The molecule has 7 atom stereocenters. The molecule has 0 aromatic heterocycles. The van der Waals surface area contributed by atoms with E-state index in [0.29, 0.717) is 12.8 Å². The Labute approximate surface area is 376 Å². The van der Waals surface area contributed by atoms with E-state index in [1.807, 2.05) is 0 Å². The largest absolute Gasteiger partial charge is 0.394 e. The Kier molecular flexibility index (Phi) is 41.1. The van der Waals surface area contributed by atoms with Gasteiger partial charge in [-0.3, -0.25) is 4.79 Å². The molecule has 0 spiro atoms. The maximum absolute atomic E-state index is 12.9. The standard InChI is InChI=1S/C52H103NO8/c1-3-5-7-9-11-13-14-15-16-17-18-19-20-21-22-23-24-25-26-27-28-29-30-31-32-33-34-35-37-39-41-46(55)45(53-48(56)42-40-38-36-12-10-8-6-4-2)44-60-52-51(59)50(58)49(57)47(43-54)61-52/h45-47,49-52,54-55,57-59H,3-44H2,1-2H3,(H,53,56). The molecule has 1 amide bonds. The Morgan fingerprint density at radius 3 is 1.16 bits per heavy atom. The van der Waals surface area contributed by atoms with Gasteiger partial charge in [0.2, 0.25) is 5.91 Å². The van der Waals surface area contributed by atoms with Crippen LogP contribution in [0.25, 0.3) is 0 Å². The first kappa shape index (κ1) is 58.2. The molecule has 0 aromatic carbocycles. The summed E-state index contributed by atoms with van der Waals surface area (Å²) in [7, 11) is 0. The average molecular weight is 870 g/mol. The summed E-state index contributed by atoms with van der Waals surface area (Å²) in [6.45, 7) is 3.82. The molecular weight excluding hydrogens is 767 g/mol. The van der Waals surface area contributed by atoms with Gasteiger partial charge in [-0.2, -0.15) is 0 Å². The van der Waals surface area contributed by atoms with Crippen molar-refractivity contribution in [3.8, 4) is 0 Å². The third-order valence-corrected chi connectivity index (χ3v) is 13.2. The van der Waals surface area contributed by atoms with Crippen LogP contribution in [0.2, 0.25) is 0 Å². The zero-order chi connectivity index (χ0) is 44.4. The predicted octanol–water partition coefficient (Wildman–Crippen LogP) is 12.3. The lowest BCUT2D eigenvalue weighted by molar-refractivity contribution is -0.302. The third-order valence-electron chi connectivity index (χ3n) is 13.2. The minimum atomic E-state index is -1.55. The molecule has 7 unspecified atom stereocenters. The van der Waals surface area contributed by atoms with Gasteiger partial charge in [-0.05, 0) is 12.8 Å². The van der Waals surface area contributed by atoms with Crippen LogP contribution in [0.5, 0.6) is 0 Å². The second kappa shape index (κ2) is 43.1. The number of carbonyl (C=O) groups excluding carboxylic acids is 1. The molecule has 61 heavy (non-hydrogen) atoms. The van der Waals surface area contributed by atoms with Crippen LogP contribution < -0.4 is 5.32 Å². The number of amides is 1. The summed E-state index contributed by atoms with van der Waals surface area (Å²) >= 11 is 0. The monoisotopic (exact) mass is 870 g/mol. The minimum Gasteiger partial charge on any atom is -0.394 e. The van der Waals surface area contributed by atoms with Crippen molar-refractivity contribution in [2.75, 3.05) is 13.2 Å². The van der Waals surface area contributed by atoms with E-state index >= 15 is 0 Å². The molecule has 6 N–H and O–H groups in total. The lowest BCUT2D eigenvalue weighted by Crippen LogP contribution is -2.60. The number of nitrogens with one attached hydrogen (secondary N) is 1. The summed E-state index contributed by atoms with van der Waals surface area (Å²) in [5.41, 5.74) is 0. The van der Waals surface area contributed by atoms with Crippen molar-refractivity contribution in [2.45, 2.75) is 314 Å². The van der Waals surface area contributed by atoms with Gasteiger partial charge in [-0.25, -0.2) is 0 Å². The van der Waals surface area contributed by atoms with Gasteiger partial charge in [0.15, 0.2) is 6.29 Å². The number of aliphatic hydroxyl groups excluding tert-OH is 5. The SMILES string of the molecule is CCCCCCCCCCCCCCCCCCCCCCCCCCCCCCCCC(O)C(COC1OC(CO)C(O)C(O)C1O)NC(=O)CCCCCCCCCC. The van der Waals surface area contributed by atoms with Gasteiger partial charge in [-0.1, -0.05) is 251 Å². The first-order chi connectivity index (χ1) is 29.8. The van der Waals surface area contributed by atoms with Gasteiger partial charge >= 0.3 is 0 Å². The fraction of sp³-hybridized carbons (Fsp3) is 0.981. The summed E-state index contributed by atoms with van der Waals surface area (Å²) < 4.78 is 11.2. The molecule has 0 aromatic rings. The molecule has 0 radical (unpaired) electrons. The second-order valence-corrected chi connectivity index (χ2v) is 19.0. The van der Waals surface area contributed by atoms with Crippen LogP contribution in [0.1, 0.15) is 271 Å². The van der Waals surface area contributed by atoms with E-state index in [9.17, 15) is 30.3 Å². The maximum atomic E-state index is 12.9. The molecule has 364 valence electrons. The molecule has 0 bridgehead atoms. The predicted molar refractivity (Wildman–Crippen MR) is 254 cm³/mol. The van der Waals surface area contributed by atoms with Gasteiger partial charge in [0.25, 0.3) is 0 Å². The molecule has 1 aliphatic heterocycles. The summed E-state index contributed by atoms with van der Waals surface area (Å²) in [5, 5.41) is 54.3. The van der Waals surface area contributed by atoms with Crippen LogP contribution >= 0.6 is 0 Å². The molecule has 1 saturated heterocycles. The molecule has 0 saturated carbocycles. The van der Waals surface area contributed by atoms with E-state index < -0.39 is 49.5 Å². The molecule has 1 aliphatic rings. The van der Waals surface area contributed by atoms with Crippen molar-refractivity contribution in [2.24, 2.45) is 0 Å². The van der Waals surface area contributed by atoms with Crippen LogP contribution in [-0.4, -0.2) is 87.5 Å². The Bertz CT molecular complexity index is 924. The Balaban J connectivity index is 2.08. The Hall–Kier alpha value is -0.810. The van der Waals surface area contributed by atoms with Gasteiger partial charge in [-0.15, -0.1) is 0 Å². The zero-order valence-electron chi connectivity index (χ0n) is 40.2. The van der Waals surface area contributed by atoms with Crippen molar-refractivity contribution in [1.82, 2.24) is 5.32 Å². The van der Waals surface area contributed by atoms with Crippen molar-refractivity contribution >= 4 is 5.91 Å². The molecule has 1 rings (SSSR count). The Morgan fingerprint density at radius 2 is 0.820 bits per heavy atom. The van der Waals surface area contributed by atoms with E-state index in [4.69, 9.17) is 9.47 Å². The first-order valence-electron chi connectivity index (χ1n) is 26.7. The summed E-state index contributed by atoms with van der Waals surface area (Å²) in [4.78, 5) is 12.9. The highest BCUT2D eigenvalue weighted by Gasteiger charge is 2.44. The van der Waals surface area contributed by atoms with E-state index in [-0.39, 0.29) is 12.5 Å². The average Bonchev–Trinajstić information content (AvgIpc) is 3.26. The Morgan fingerprint density at radius 1 is 0.492 bits per heavy atom. The smallest absolute Gasteiger partial charge is 0.220 e. The number of hydrogen-bond acceptors (Lipinski definition) is 8. The lowest BCUT2D eigenvalue weighted by atomic mass is 9.99. The zero-order valence-corrected chi connectivity index (χ0v) is 40.2. The maximum Gasteiger partial charge on any atom is 0.220 e. The number of ether oxygens (including phenoxy) is 2. The topological polar surface area (TPSA) is 149 Å². The van der Waals surface area contributed by atoms with E-state index in [0.717, 1.165) is 38.5 Å². The van der Waals surface area contributed by atoms with Crippen molar-refractivity contribution in [3.05, 3.63) is 0 Å². The molecule has 9 heteroatoms. The van der Waals surface area contributed by atoms with Crippen LogP contribution in [0.15, 0.2) is 0 Å². The van der Waals surface area contributed by atoms with E-state index in [1.54, 1.807) is 0 Å². The van der Waals surface area contributed by atoms with Gasteiger partial charge in [0.05, 0.1) is 25.4 Å². The highest BCUT2D eigenvalue weighted by atomic mass is 16.7. The quantitative estimate of drug-likeness (QED) is 0.0331.